The van der Waals surface area contributed by atoms with Crippen molar-refractivity contribution in [1.29, 1.82) is 0 Å². The number of carbonyl (C=O) groups excluding carboxylic acids is 2. The lowest BCUT2D eigenvalue weighted by atomic mass is 9.89. The Balaban J connectivity index is 1.19. The predicted molar refractivity (Wildman–Crippen MR) is 136 cm³/mol. The molecule has 188 valence electrons. The van der Waals surface area contributed by atoms with Gasteiger partial charge in [0.2, 0.25) is 0 Å². The highest BCUT2D eigenvalue weighted by atomic mass is 35.5. The maximum atomic E-state index is 13.7. The number of benzene rings is 2. The van der Waals surface area contributed by atoms with Gasteiger partial charge in [-0.25, -0.2) is 9.37 Å². The normalized spacial score (nSPS) is 14.1. The first-order chi connectivity index (χ1) is 17.8. The highest BCUT2D eigenvalue weighted by Crippen LogP contribution is 2.30. The van der Waals surface area contributed by atoms with Gasteiger partial charge in [0, 0.05) is 53.9 Å². The van der Waals surface area contributed by atoms with Gasteiger partial charge in [-0.3, -0.25) is 19.7 Å². The van der Waals surface area contributed by atoms with E-state index in [9.17, 15) is 24.1 Å². The molecule has 0 bridgehead atoms. The Bertz CT molecular complexity index is 1510. The van der Waals surface area contributed by atoms with Crippen molar-refractivity contribution in [2.45, 2.75) is 18.8 Å². The number of hydrogen-bond donors (Lipinski definition) is 1. The number of aromatic nitrogens is 2. The Hall–Kier alpha value is -4.31. The third-order valence-electron chi connectivity index (χ3n) is 6.42. The summed E-state index contributed by atoms with van der Waals surface area (Å²) >= 11 is 6.01. The number of hydrogen-bond acceptors (Lipinski definition) is 5. The SMILES string of the molecule is O=C(Nc1ccc(C2CCN(C(=O)c3cn4ccc(Cl)cc4n3)CC2)cc1)c1cc(F)cc([N+](=O)[O-])c1. The van der Waals surface area contributed by atoms with Crippen molar-refractivity contribution in [3.05, 3.63) is 105 Å². The second kappa shape index (κ2) is 9.98. The minimum Gasteiger partial charge on any atom is -0.337 e. The summed E-state index contributed by atoms with van der Waals surface area (Å²) in [7, 11) is 0. The number of fused-ring (bicyclic) bond motifs is 1. The third kappa shape index (κ3) is 5.29. The molecule has 0 spiro atoms. The molecule has 0 unspecified atom stereocenters. The Morgan fingerprint density at radius 1 is 1.08 bits per heavy atom. The van der Waals surface area contributed by atoms with E-state index in [0.717, 1.165) is 36.6 Å². The zero-order valence-electron chi connectivity index (χ0n) is 19.4. The number of rotatable bonds is 5. The number of piperidine rings is 1. The standard InChI is InChI=1S/C26H21ClFN5O4/c27-19-7-10-32-15-23(30-24(32)13-19)26(35)31-8-5-17(6-9-31)16-1-3-21(4-2-16)29-25(34)18-11-20(28)14-22(12-18)33(36)37/h1-4,7,10-15,17H,5-6,8-9H2,(H,29,34). The Morgan fingerprint density at radius 3 is 2.51 bits per heavy atom. The number of likely N-dealkylation sites (tertiary alicyclic amines) is 1. The van der Waals surface area contributed by atoms with Crippen LogP contribution in [0, 0.1) is 15.9 Å². The van der Waals surface area contributed by atoms with Crippen LogP contribution in [0.25, 0.3) is 5.65 Å². The van der Waals surface area contributed by atoms with Gasteiger partial charge in [0.1, 0.15) is 17.2 Å². The fourth-order valence-corrected chi connectivity index (χ4v) is 4.64. The number of nitrogens with one attached hydrogen (secondary N) is 1. The lowest BCUT2D eigenvalue weighted by Gasteiger charge is -2.32. The Morgan fingerprint density at radius 2 is 1.81 bits per heavy atom. The molecule has 2 aromatic carbocycles. The largest absolute Gasteiger partial charge is 0.337 e. The van der Waals surface area contributed by atoms with Crippen LogP contribution in [-0.4, -0.2) is 44.1 Å². The molecule has 37 heavy (non-hydrogen) atoms. The molecule has 11 heteroatoms. The van der Waals surface area contributed by atoms with Crippen LogP contribution in [0.3, 0.4) is 0 Å². The van der Waals surface area contributed by atoms with E-state index in [4.69, 9.17) is 11.6 Å². The molecule has 1 fully saturated rings. The first-order valence-corrected chi connectivity index (χ1v) is 11.9. The fraction of sp³-hybridized carbons (Fsp3) is 0.192. The van der Waals surface area contributed by atoms with E-state index in [1.165, 1.54) is 0 Å². The number of nitrogens with zero attached hydrogens (tertiary/aromatic N) is 4. The monoisotopic (exact) mass is 521 g/mol. The predicted octanol–water partition coefficient (Wildman–Crippen LogP) is 5.31. The number of non-ortho nitro benzene ring substituents is 1. The number of halogens is 2. The lowest BCUT2D eigenvalue weighted by Crippen LogP contribution is -2.38. The molecule has 1 N–H and O–H groups in total. The molecule has 1 aliphatic heterocycles. The number of nitro benzene ring substituents is 1. The highest BCUT2D eigenvalue weighted by Gasteiger charge is 2.26. The molecule has 0 saturated carbocycles. The van der Waals surface area contributed by atoms with Gasteiger partial charge >= 0.3 is 0 Å². The van der Waals surface area contributed by atoms with Crippen LogP contribution in [0.4, 0.5) is 15.8 Å². The molecule has 1 saturated heterocycles. The molecule has 3 heterocycles. The lowest BCUT2D eigenvalue weighted by molar-refractivity contribution is -0.385. The number of anilines is 1. The molecule has 1 aliphatic rings. The van der Waals surface area contributed by atoms with Gasteiger partial charge in [-0.2, -0.15) is 0 Å². The van der Waals surface area contributed by atoms with Gasteiger partial charge in [0.25, 0.3) is 17.5 Å². The van der Waals surface area contributed by atoms with Crippen molar-refractivity contribution < 1.29 is 18.9 Å². The summed E-state index contributed by atoms with van der Waals surface area (Å²) in [6, 6.07) is 13.5. The first-order valence-electron chi connectivity index (χ1n) is 11.6. The smallest absolute Gasteiger partial charge is 0.274 e. The molecular formula is C26H21ClFN5O4. The van der Waals surface area contributed by atoms with Gasteiger partial charge < -0.3 is 14.6 Å². The number of carbonyl (C=O) groups is 2. The van der Waals surface area contributed by atoms with E-state index in [2.05, 4.69) is 10.3 Å². The van der Waals surface area contributed by atoms with E-state index in [1.54, 1.807) is 46.0 Å². The van der Waals surface area contributed by atoms with Crippen LogP contribution in [0.1, 0.15) is 45.2 Å². The molecular weight excluding hydrogens is 501 g/mol. The molecule has 0 radical (unpaired) electrons. The van der Waals surface area contributed by atoms with E-state index in [0.29, 0.717) is 35.1 Å². The summed E-state index contributed by atoms with van der Waals surface area (Å²) in [5.74, 6) is -1.37. The van der Waals surface area contributed by atoms with Crippen molar-refractivity contribution in [1.82, 2.24) is 14.3 Å². The minimum atomic E-state index is -0.856. The average molecular weight is 522 g/mol. The Labute approximate surface area is 215 Å². The third-order valence-corrected chi connectivity index (χ3v) is 6.65. The van der Waals surface area contributed by atoms with Crippen molar-refractivity contribution in [3.8, 4) is 0 Å². The van der Waals surface area contributed by atoms with E-state index in [1.807, 2.05) is 12.1 Å². The van der Waals surface area contributed by atoms with Gasteiger partial charge in [-0.05, 0) is 48.6 Å². The van der Waals surface area contributed by atoms with Gasteiger partial charge in [0.05, 0.1) is 11.0 Å². The van der Waals surface area contributed by atoms with Crippen LogP contribution in [0.2, 0.25) is 5.02 Å². The van der Waals surface area contributed by atoms with Crippen LogP contribution >= 0.6 is 11.6 Å². The number of pyridine rings is 1. The molecule has 4 aromatic rings. The van der Waals surface area contributed by atoms with Crippen molar-refractivity contribution in [3.63, 3.8) is 0 Å². The molecule has 0 atom stereocenters. The van der Waals surface area contributed by atoms with Crippen molar-refractivity contribution >= 4 is 40.4 Å². The quantitative estimate of drug-likeness (QED) is 0.283. The molecule has 2 aromatic heterocycles. The molecule has 5 rings (SSSR count). The maximum absolute atomic E-state index is 13.7. The first kappa shape index (κ1) is 24.4. The zero-order valence-corrected chi connectivity index (χ0v) is 20.2. The summed E-state index contributed by atoms with van der Waals surface area (Å²) in [6.07, 6.45) is 5.03. The van der Waals surface area contributed by atoms with Crippen LogP contribution in [0.15, 0.2) is 67.0 Å². The zero-order chi connectivity index (χ0) is 26.1. The minimum absolute atomic E-state index is 0.117. The average Bonchev–Trinajstić information content (AvgIpc) is 3.31. The van der Waals surface area contributed by atoms with Crippen molar-refractivity contribution in [2.24, 2.45) is 0 Å². The van der Waals surface area contributed by atoms with Crippen LogP contribution < -0.4 is 5.32 Å². The van der Waals surface area contributed by atoms with E-state index < -0.39 is 22.3 Å². The summed E-state index contributed by atoms with van der Waals surface area (Å²) < 4.78 is 15.4. The van der Waals surface area contributed by atoms with Gasteiger partial charge in [-0.15, -0.1) is 0 Å². The topological polar surface area (TPSA) is 110 Å². The molecule has 0 aliphatic carbocycles. The van der Waals surface area contributed by atoms with Crippen molar-refractivity contribution in [2.75, 3.05) is 18.4 Å². The van der Waals surface area contributed by atoms with E-state index >= 15 is 0 Å². The molecule has 9 nitrogen and oxygen atoms in total. The van der Waals surface area contributed by atoms with Gasteiger partial charge in [-0.1, -0.05) is 23.7 Å². The number of imidazole rings is 1. The fourth-order valence-electron chi connectivity index (χ4n) is 4.49. The van der Waals surface area contributed by atoms with Gasteiger partial charge in [0.15, 0.2) is 0 Å². The second-order valence-electron chi connectivity index (χ2n) is 8.83. The Kier molecular flexibility index (Phi) is 6.58. The number of nitro groups is 1. The number of amides is 2. The van der Waals surface area contributed by atoms with Crippen LogP contribution in [0.5, 0.6) is 0 Å². The second-order valence-corrected chi connectivity index (χ2v) is 9.27. The maximum Gasteiger partial charge on any atom is 0.274 e. The van der Waals surface area contributed by atoms with Crippen LogP contribution in [-0.2, 0) is 0 Å². The van der Waals surface area contributed by atoms with E-state index in [-0.39, 0.29) is 17.4 Å². The summed E-state index contributed by atoms with van der Waals surface area (Å²) in [6.45, 7) is 1.18. The highest BCUT2D eigenvalue weighted by molar-refractivity contribution is 6.30. The summed E-state index contributed by atoms with van der Waals surface area (Å²) in [5, 5.41) is 14.1. The summed E-state index contributed by atoms with van der Waals surface area (Å²) in [4.78, 5) is 41.8. The summed E-state index contributed by atoms with van der Waals surface area (Å²) in [5.41, 5.74) is 1.93. The molecule has 2 amide bonds.